The molecule has 2 aromatic rings. The average Bonchev–Trinajstić information content (AvgIpc) is 2.72. The van der Waals surface area contributed by atoms with E-state index in [1.165, 1.54) is 0 Å². The van der Waals surface area contributed by atoms with Gasteiger partial charge in [0.2, 0.25) is 0 Å². The fourth-order valence-corrected chi connectivity index (χ4v) is 2.68. The average molecular weight is 471 g/mol. The van der Waals surface area contributed by atoms with Gasteiger partial charge in [-0.3, -0.25) is 24.4 Å². The summed E-state index contributed by atoms with van der Waals surface area (Å²) >= 11 is 0. The quantitative estimate of drug-likeness (QED) is 0.451. The van der Waals surface area contributed by atoms with Crippen LogP contribution >= 0.6 is 0 Å². The summed E-state index contributed by atoms with van der Waals surface area (Å²) in [4.78, 5) is 38.8. The number of carbonyl (C=O) groups is 3. The van der Waals surface area contributed by atoms with Crippen LogP contribution in [0.4, 0.5) is 13.2 Å². The van der Waals surface area contributed by atoms with Crippen LogP contribution in [0.5, 0.6) is 0 Å². The van der Waals surface area contributed by atoms with Gasteiger partial charge in [0.05, 0.1) is 13.1 Å². The first-order chi connectivity index (χ1) is 15.5. The van der Waals surface area contributed by atoms with Crippen molar-refractivity contribution in [3.8, 4) is 0 Å². The van der Waals surface area contributed by atoms with Gasteiger partial charge in [-0.2, -0.15) is 13.2 Å². The number of benzene rings is 1. The molecule has 9 nitrogen and oxygen atoms in total. The molecule has 0 aliphatic heterocycles. The zero-order valence-electron chi connectivity index (χ0n) is 17.5. The summed E-state index contributed by atoms with van der Waals surface area (Å²) in [7, 11) is 0. The fraction of sp³-hybridized carbons (Fsp3) is 0.333. The lowest BCUT2D eigenvalue weighted by atomic mass is 10.2. The summed E-state index contributed by atoms with van der Waals surface area (Å²) in [6.45, 7) is 1.65. The SMILES string of the molecule is O=C(O)C(F)(F)F.O=C(O)CN(CCN(CC(=O)O)Cc1cccnc1)Cc1ccccc1. The molecule has 1 aromatic carbocycles. The predicted molar refractivity (Wildman–Crippen MR) is 110 cm³/mol. The number of aromatic nitrogens is 1. The summed E-state index contributed by atoms with van der Waals surface area (Å²) in [5, 5.41) is 25.4. The van der Waals surface area contributed by atoms with Crippen molar-refractivity contribution in [2.45, 2.75) is 19.3 Å². The molecule has 0 aliphatic rings. The van der Waals surface area contributed by atoms with Gasteiger partial charge in [-0.25, -0.2) is 4.79 Å². The number of halogens is 3. The Bertz CT molecular complexity index is 820. The molecule has 0 aliphatic carbocycles. The van der Waals surface area contributed by atoms with Gasteiger partial charge in [-0.05, 0) is 17.2 Å². The van der Waals surface area contributed by atoms with Crippen LogP contribution in [0.3, 0.4) is 0 Å². The largest absolute Gasteiger partial charge is 0.490 e. The third-order valence-electron chi connectivity index (χ3n) is 4.07. The zero-order valence-corrected chi connectivity index (χ0v) is 17.5. The minimum absolute atomic E-state index is 0.0945. The molecule has 2 rings (SSSR count). The van der Waals surface area contributed by atoms with E-state index in [0.717, 1.165) is 11.1 Å². The highest BCUT2D eigenvalue weighted by Gasteiger charge is 2.38. The van der Waals surface area contributed by atoms with E-state index in [9.17, 15) is 22.8 Å². The first-order valence-corrected chi connectivity index (χ1v) is 9.58. The third kappa shape index (κ3) is 12.8. The second-order valence-electron chi connectivity index (χ2n) is 6.86. The van der Waals surface area contributed by atoms with Gasteiger partial charge in [-0.15, -0.1) is 0 Å². The van der Waals surface area contributed by atoms with Crippen LogP contribution in [-0.2, 0) is 27.5 Å². The maximum absolute atomic E-state index is 11.2. The monoisotopic (exact) mass is 471 g/mol. The van der Waals surface area contributed by atoms with E-state index in [1.54, 1.807) is 28.3 Å². The molecule has 0 radical (unpaired) electrons. The van der Waals surface area contributed by atoms with E-state index in [4.69, 9.17) is 20.1 Å². The summed E-state index contributed by atoms with van der Waals surface area (Å²) in [6, 6.07) is 13.3. The molecule has 0 unspecified atom stereocenters. The maximum Gasteiger partial charge on any atom is 0.490 e. The molecule has 0 saturated carbocycles. The molecule has 0 saturated heterocycles. The first kappa shape index (κ1) is 27.5. The Kier molecular flexibility index (Phi) is 11.5. The minimum atomic E-state index is -5.08. The highest BCUT2D eigenvalue weighted by molar-refractivity contribution is 5.73. The lowest BCUT2D eigenvalue weighted by molar-refractivity contribution is -0.192. The maximum atomic E-state index is 11.2. The lowest BCUT2D eigenvalue weighted by Gasteiger charge is -2.26. The van der Waals surface area contributed by atoms with E-state index in [0.29, 0.717) is 26.2 Å². The van der Waals surface area contributed by atoms with Gasteiger partial charge in [0.1, 0.15) is 0 Å². The van der Waals surface area contributed by atoms with E-state index in [2.05, 4.69) is 4.98 Å². The van der Waals surface area contributed by atoms with Crippen LogP contribution in [0, 0.1) is 0 Å². The summed E-state index contributed by atoms with van der Waals surface area (Å²) in [6.07, 6.45) is -1.71. The number of hydrogen-bond acceptors (Lipinski definition) is 6. The smallest absolute Gasteiger partial charge is 0.480 e. The van der Waals surface area contributed by atoms with Crippen molar-refractivity contribution in [3.05, 3.63) is 66.0 Å². The van der Waals surface area contributed by atoms with E-state index in [1.807, 2.05) is 36.4 Å². The normalized spacial score (nSPS) is 11.1. The molecule has 33 heavy (non-hydrogen) atoms. The van der Waals surface area contributed by atoms with Crippen LogP contribution < -0.4 is 0 Å². The Balaban J connectivity index is 0.000000675. The Morgan fingerprint density at radius 3 is 1.64 bits per heavy atom. The second kappa shape index (κ2) is 13.8. The molecule has 0 amide bonds. The van der Waals surface area contributed by atoms with Gasteiger partial charge in [0.15, 0.2) is 0 Å². The minimum Gasteiger partial charge on any atom is -0.480 e. The molecule has 0 fully saturated rings. The van der Waals surface area contributed by atoms with Crippen molar-refractivity contribution in [2.24, 2.45) is 0 Å². The summed E-state index contributed by atoms with van der Waals surface area (Å²) in [5.74, 6) is -4.58. The molecule has 0 bridgehead atoms. The Labute approximate surface area is 187 Å². The van der Waals surface area contributed by atoms with Gasteiger partial charge >= 0.3 is 24.1 Å². The number of hydrogen-bond donors (Lipinski definition) is 3. The van der Waals surface area contributed by atoms with Gasteiger partial charge in [-0.1, -0.05) is 36.4 Å². The summed E-state index contributed by atoms with van der Waals surface area (Å²) in [5.41, 5.74) is 1.94. The third-order valence-corrected chi connectivity index (χ3v) is 4.07. The number of carboxylic acids is 3. The van der Waals surface area contributed by atoms with Gasteiger partial charge < -0.3 is 15.3 Å². The molecule has 0 atom stereocenters. The van der Waals surface area contributed by atoms with Crippen LogP contribution in [-0.4, -0.2) is 80.4 Å². The van der Waals surface area contributed by atoms with E-state index >= 15 is 0 Å². The topological polar surface area (TPSA) is 131 Å². The molecular formula is C21H24F3N3O6. The number of pyridine rings is 1. The van der Waals surface area contributed by atoms with Crippen LogP contribution in [0.1, 0.15) is 11.1 Å². The molecule has 1 aromatic heterocycles. The molecule has 3 N–H and O–H groups in total. The fourth-order valence-electron chi connectivity index (χ4n) is 2.68. The highest BCUT2D eigenvalue weighted by Crippen LogP contribution is 2.13. The standard InChI is InChI=1S/C19H23N3O4.C2HF3O2/c23-18(24)14-21(12-16-5-2-1-3-6-16)9-10-22(15-19(25)26)13-17-7-4-8-20-11-17;3-2(4,5)1(6)7/h1-8,11H,9-10,12-15H2,(H,23,24)(H,25,26);(H,6,7). The van der Waals surface area contributed by atoms with Gasteiger partial charge in [0.25, 0.3) is 0 Å². The number of aliphatic carboxylic acids is 3. The van der Waals surface area contributed by atoms with Crippen molar-refractivity contribution in [2.75, 3.05) is 26.2 Å². The van der Waals surface area contributed by atoms with Crippen LogP contribution in [0.15, 0.2) is 54.9 Å². The molecule has 180 valence electrons. The predicted octanol–water partition coefficient (Wildman–Crippen LogP) is 2.19. The lowest BCUT2D eigenvalue weighted by Crippen LogP contribution is -2.39. The van der Waals surface area contributed by atoms with E-state index in [-0.39, 0.29) is 13.1 Å². The van der Waals surface area contributed by atoms with E-state index < -0.39 is 24.1 Å². The number of alkyl halides is 3. The molecule has 1 heterocycles. The molecule has 12 heteroatoms. The van der Waals surface area contributed by atoms with Crippen molar-refractivity contribution in [1.82, 2.24) is 14.8 Å². The van der Waals surface area contributed by atoms with Crippen molar-refractivity contribution in [1.29, 1.82) is 0 Å². The number of rotatable bonds is 11. The molecular weight excluding hydrogens is 447 g/mol. The number of nitrogens with zero attached hydrogens (tertiary/aromatic N) is 3. The number of carboxylic acid groups (broad SMARTS) is 3. The first-order valence-electron chi connectivity index (χ1n) is 9.58. The van der Waals surface area contributed by atoms with Gasteiger partial charge in [0, 0.05) is 38.6 Å². The Morgan fingerprint density at radius 1 is 0.788 bits per heavy atom. The summed E-state index contributed by atoms with van der Waals surface area (Å²) < 4.78 is 31.7. The van der Waals surface area contributed by atoms with Crippen molar-refractivity contribution in [3.63, 3.8) is 0 Å². The zero-order chi connectivity index (χ0) is 24.9. The van der Waals surface area contributed by atoms with Crippen molar-refractivity contribution < 1.29 is 42.9 Å². The second-order valence-corrected chi connectivity index (χ2v) is 6.86. The van der Waals surface area contributed by atoms with Crippen molar-refractivity contribution >= 4 is 17.9 Å². The Morgan fingerprint density at radius 2 is 1.24 bits per heavy atom. The highest BCUT2D eigenvalue weighted by atomic mass is 19.4. The van der Waals surface area contributed by atoms with Crippen LogP contribution in [0.25, 0.3) is 0 Å². The Hall–Kier alpha value is -3.51. The van der Waals surface area contributed by atoms with Crippen LogP contribution in [0.2, 0.25) is 0 Å². The molecule has 0 spiro atoms.